The Morgan fingerprint density at radius 2 is 2.00 bits per heavy atom. The molecule has 0 radical (unpaired) electrons. The first-order valence-corrected chi connectivity index (χ1v) is 8.64. The highest BCUT2D eigenvalue weighted by Crippen LogP contribution is 2.22. The molecule has 7 heteroatoms. The maximum absolute atomic E-state index is 12.6. The van der Waals surface area contributed by atoms with E-state index in [1.54, 1.807) is 18.2 Å². The molecular formula is C16H19N3O3S. The number of amides is 3. The van der Waals surface area contributed by atoms with Crippen molar-refractivity contribution in [3.63, 3.8) is 0 Å². The molecular weight excluding hydrogens is 314 g/mol. The van der Waals surface area contributed by atoms with Gasteiger partial charge in [0, 0.05) is 24.7 Å². The molecule has 3 amide bonds. The second kappa shape index (κ2) is 6.72. The number of rotatable bonds is 3. The first-order valence-electron chi connectivity index (χ1n) is 7.65. The molecule has 2 aliphatic heterocycles. The van der Waals surface area contributed by atoms with Crippen molar-refractivity contribution in [2.24, 2.45) is 5.73 Å². The number of benzene rings is 1. The SMILES string of the molecule is NC1CCN(C(=O)c2cccc(CN3C(=O)CSC3=O)c2)CC1. The first-order chi connectivity index (χ1) is 11.0. The minimum absolute atomic E-state index is 0.0211. The van der Waals surface area contributed by atoms with Gasteiger partial charge in [0.05, 0.1) is 12.3 Å². The number of hydrogen-bond donors (Lipinski definition) is 1. The zero-order valence-electron chi connectivity index (χ0n) is 12.7. The quantitative estimate of drug-likeness (QED) is 0.905. The average molecular weight is 333 g/mol. The number of piperidine rings is 1. The normalized spacial score (nSPS) is 19.5. The van der Waals surface area contributed by atoms with E-state index in [9.17, 15) is 14.4 Å². The van der Waals surface area contributed by atoms with Gasteiger partial charge in [-0.25, -0.2) is 0 Å². The zero-order valence-corrected chi connectivity index (χ0v) is 13.6. The van der Waals surface area contributed by atoms with Gasteiger partial charge in [0.2, 0.25) is 5.91 Å². The molecule has 0 bridgehead atoms. The van der Waals surface area contributed by atoms with Crippen molar-refractivity contribution in [2.75, 3.05) is 18.8 Å². The van der Waals surface area contributed by atoms with Crippen molar-refractivity contribution in [2.45, 2.75) is 25.4 Å². The molecule has 0 saturated carbocycles. The molecule has 2 N–H and O–H groups in total. The lowest BCUT2D eigenvalue weighted by Crippen LogP contribution is -2.42. The second-order valence-corrected chi connectivity index (χ2v) is 6.79. The molecule has 0 aliphatic carbocycles. The van der Waals surface area contributed by atoms with E-state index in [0.29, 0.717) is 18.7 Å². The summed E-state index contributed by atoms with van der Waals surface area (Å²) in [5, 5.41) is -0.225. The monoisotopic (exact) mass is 333 g/mol. The summed E-state index contributed by atoms with van der Waals surface area (Å²) in [6.45, 7) is 1.56. The molecule has 0 atom stereocenters. The lowest BCUT2D eigenvalue weighted by Gasteiger charge is -2.30. The maximum atomic E-state index is 12.6. The molecule has 2 saturated heterocycles. The number of carbonyl (C=O) groups excluding carboxylic acids is 3. The summed E-state index contributed by atoms with van der Waals surface area (Å²) >= 11 is 1.02. The third-order valence-electron chi connectivity index (χ3n) is 4.18. The van der Waals surface area contributed by atoms with E-state index in [4.69, 9.17) is 5.73 Å². The fourth-order valence-electron chi connectivity index (χ4n) is 2.80. The molecule has 3 rings (SSSR count). The highest BCUT2D eigenvalue weighted by atomic mass is 32.2. The lowest BCUT2D eigenvalue weighted by molar-refractivity contribution is -0.125. The van der Waals surface area contributed by atoms with Gasteiger partial charge in [-0.1, -0.05) is 23.9 Å². The zero-order chi connectivity index (χ0) is 16.4. The molecule has 23 heavy (non-hydrogen) atoms. The van der Waals surface area contributed by atoms with E-state index < -0.39 is 0 Å². The minimum atomic E-state index is -0.225. The van der Waals surface area contributed by atoms with Crippen LogP contribution in [-0.4, -0.2) is 51.7 Å². The molecule has 0 aromatic heterocycles. The Bertz CT molecular complexity index is 625. The van der Waals surface area contributed by atoms with Crippen molar-refractivity contribution in [1.82, 2.24) is 9.80 Å². The van der Waals surface area contributed by atoms with Crippen LogP contribution < -0.4 is 5.73 Å². The molecule has 0 unspecified atom stereocenters. The van der Waals surface area contributed by atoms with Gasteiger partial charge in [-0.3, -0.25) is 19.3 Å². The standard InChI is InChI=1S/C16H19N3O3S/c17-13-4-6-18(7-5-13)15(21)12-3-1-2-11(8-12)9-19-14(20)10-23-16(19)22/h1-3,8,13H,4-7,9-10,17H2. The van der Waals surface area contributed by atoms with E-state index in [0.717, 1.165) is 30.2 Å². The van der Waals surface area contributed by atoms with Crippen LogP contribution in [0.3, 0.4) is 0 Å². The molecule has 6 nitrogen and oxygen atoms in total. The van der Waals surface area contributed by atoms with Gasteiger partial charge in [0.25, 0.3) is 11.1 Å². The van der Waals surface area contributed by atoms with Gasteiger partial charge in [0.15, 0.2) is 0 Å². The van der Waals surface area contributed by atoms with Crippen molar-refractivity contribution in [1.29, 1.82) is 0 Å². The van der Waals surface area contributed by atoms with Crippen molar-refractivity contribution >= 4 is 28.8 Å². The van der Waals surface area contributed by atoms with Gasteiger partial charge in [-0.05, 0) is 30.5 Å². The van der Waals surface area contributed by atoms with Gasteiger partial charge in [-0.2, -0.15) is 0 Å². The van der Waals surface area contributed by atoms with Gasteiger partial charge < -0.3 is 10.6 Å². The van der Waals surface area contributed by atoms with E-state index in [2.05, 4.69) is 0 Å². The van der Waals surface area contributed by atoms with Crippen LogP contribution in [0, 0.1) is 0 Å². The van der Waals surface area contributed by atoms with E-state index in [-0.39, 0.29) is 35.4 Å². The lowest BCUT2D eigenvalue weighted by atomic mass is 10.0. The maximum Gasteiger partial charge on any atom is 0.289 e. The van der Waals surface area contributed by atoms with Crippen LogP contribution in [-0.2, 0) is 11.3 Å². The summed E-state index contributed by atoms with van der Waals surface area (Å²) in [6.07, 6.45) is 1.64. The predicted octanol–water partition coefficient (Wildman–Crippen LogP) is 1.45. The van der Waals surface area contributed by atoms with Crippen LogP contribution in [0.25, 0.3) is 0 Å². The third-order valence-corrected chi connectivity index (χ3v) is 5.04. The van der Waals surface area contributed by atoms with Crippen LogP contribution in [0.4, 0.5) is 4.79 Å². The summed E-state index contributed by atoms with van der Waals surface area (Å²) < 4.78 is 0. The van der Waals surface area contributed by atoms with Crippen LogP contribution in [0.2, 0.25) is 0 Å². The van der Waals surface area contributed by atoms with Gasteiger partial charge >= 0.3 is 0 Å². The van der Waals surface area contributed by atoms with Crippen LogP contribution in [0.15, 0.2) is 24.3 Å². The Labute approximate surface area is 139 Å². The number of nitrogens with two attached hydrogens (primary N) is 1. The predicted molar refractivity (Wildman–Crippen MR) is 88.0 cm³/mol. The minimum Gasteiger partial charge on any atom is -0.339 e. The largest absolute Gasteiger partial charge is 0.339 e. The number of imide groups is 1. The smallest absolute Gasteiger partial charge is 0.289 e. The molecule has 0 spiro atoms. The summed E-state index contributed by atoms with van der Waals surface area (Å²) in [7, 11) is 0. The molecule has 1 aromatic carbocycles. The van der Waals surface area contributed by atoms with Crippen molar-refractivity contribution < 1.29 is 14.4 Å². The number of nitrogens with zero attached hydrogens (tertiary/aromatic N) is 2. The summed E-state index contributed by atoms with van der Waals surface area (Å²) in [5.41, 5.74) is 7.24. The highest BCUT2D eigenvalue weighted by molar-refractivity contribution is 8.14. The van der Waals surface area contributed by atoms with Crippen LogP contribution in [0.5, 0.6) is 0 Å². The molecule has 2 aliphatic rings. The number of carbonyl (C=O) groups is 3. The average Bonchev–Trinajstić information content (AvgIpc) is 2.87. The van der Waals surface area contributed by atoms with E-state index in [1.807, 2.05) is 11.0 Å². The van der Waals surface area contributed by atoms with E-state index in [1.165, 1.54) is 4.90 Å². The highest BCUT2D eigenvalue weighted by Gasteiger charge is 2.30. The van der Waals surface area contributed by atoms with E-state index >= 15 is 0 Å². The van der Waals surface area contributed by atoms with Crippen molar-refractivity contribution in [3.05, 3.63) is 35.4 Å². The Morgan fingerprint density at radius 1 is 1.26 bits per heavy atom. The summed E-state index contributed by atoms with van der Waals surface area (Å²) in [4.78, 5) is 38.9. The Morgan fingerprint density at radius 3 is 2.65 bits per heavy atom. The fraction of sp³-hybridized carbons (Fsp3) is 0.438. The Hall–Kier alpha value is -1.86. The van der Waals surface area contributed by atoms with Crippen LogP contribution >= 0.6 is 11.8 Å². The van der Waals surface area contributed by atoms with Gasteiger partial charge in [0.1, 0.15) is 0 Å². The summed E-state index contributed by atoms with van der Waals surface area (Å²) in [5.74, 6) is -0.000160. The molecule has 1 aromatic rings. The van der Waals surface area contributed by atoms with Crippen LogP contribution in [0.1, 0.15) is 28.8 Å². The number of likely N-dealkylation sites (tertiary alicyclic amines) is 1. The topological polar surface area (TPSA) is 83.7 Å². The second-order valence-electron chi connectivity index (χ2n) is 5.86. The molecule has 122 valence electrons. The third kappa shape index (κ3) is 3.56. The van der Waals surface area contributed by atoms with Crippen molar-refractivity contribution in [3.8, 4) is 0 Å². The number of hydrogen-bond acceptors (Lipinski definition) is 5. The van der Waals surface area contributed by atoms with Gasteiger partial charge in [-0.15, -0.1) is 0 Å². The Kier molecular flexibility index (Phi) is 4.68. The first kappa shape index (κ1) is 16.0. The summed E-state index contributed by atoms with van der Waals surface area (Å²) in [6, 6.07) is 7.32. The molecule has 2 fully saturated rings. The number of thioether (sulfide) groups is 1. The fourth-order valence-corrected chi connectivity index (χ4v) is 3.53. The Balaban J connectivity index is 1.71. The molecule has 2 heterocycles.